The molecule has 0 spiro atoms. The summed E-state index contributed by atoms with van der Waals surface area (Å²) < 4.78 is 12.9. The molecule has 0 saturated carbocycles. The number of ether oxygens (including phenoxy) is 2. The minimum Gasteiger partial charge on any atom is -0.493 e. The summed E-state index contributed by atoms with van der Waals surface area (Å²) in [6.45, 7) is 0.383. The number of benzene rings is 4. The second-order valence-electron chi connectivity index (χ2n) is 8.71. The number of carbonyl (C=O) groups is 2. The van der Waals surface area contributed by atoms with E-state index in [4.69, 9.17) is 9.47 Å². The van der Waals surface area contributed by atoms with Crippen LogP contribution in [0.2, 0.25) is 0 Å². The number of hydrogen-bond donors (Lipinski definition) is 0. The topological polar surface area (TPSA) is 57.5 Å². The minimum atomic E-state index is -0.388. The molecule has 37 heavy (non-hydrogen) atoms. The molecule has 1 aromatic heterocycles. The molecule has 5 aromatic rings. The molecule has 184 valence electrons. The summed E-state index contributed by atoms with van der Waals surface area (Å²) >= 11 is 0. The van der Waals surface area contributed by atoms with Crippen molar-refractivity contribution in [3.05, 3.63) is 137 Å². The van der Waals surface area contributed by atoms with Crippen molar-refractivity contribution >= 4 is 23.2 Å². The van der Waals surface area contributed by atoms with Crippen molar-refractivity contribution in [3.8, 4) is 5.75 Å². The minimum absolute atomic E-state index is 0.159. The second-order valence-corrected chi connectivity index (χ2v) is 8.71. The largest absolute Gasteiger partial charge is 0.493 e. The van der Waals surface area contributed by atoms with Crippen molar-refractivity contribution in [2.75, 3.05) is 13.7 Å². The van der Waals surface area contributed by atoms with Crippen LogP contribution in [0.3, 0.4) is 0 Å². The van der Waals surface area contributed by atoms with Gasteiger partial charge in [0, 0.05) is 17.3 Å². The maximum absolute atomic E-state index is 12.6. The molecule has 0 aliphatic carbocycles. The molecule has 5 nitrogen and oxygen atoms in total. The first kappa shape index (κ1) is 24.1. The van der Waals surface area contributed by atoms with E-state index >= 15 is 0 Å². The number of fused-ring (bicyclic) bond motifs is 1. The Bertz CT molecular complexity index is 1470. The zero-order chi connectivity index (χ0) is 25.6. The van der Waals surface area contributed by atoms with Crippen molar-refractivity contribution in [1.82, 2.24) is 4.57 Å². The average molecular weight is 490 g/mol. The van der Waals surface area contributed by atoms with Gasteiger partial charge >= 0.3 is 5.97 Å². The third-order valence-corrected chi connectivity index (χ3v) is 6.55. The number of para-hydroxylation sites is 1. The van der Waals surface area contributed by atoms with E-state index in [0.29, 0.717) is 30.0 Å². The number of aromatic nitrogens is 1. The van der Waals surface area contributed by atoms with Crippen molar-refractivity contribution in [2.24, 2.45) is 0 Å². The predicted octanol–water partition coefficient (Wildman–Crippen LogP) is 6.50. The number of nitrogens with zero attached hydrogens (tertiary/aromatic N) is 1. The maximum atomic E-state index is 12.6. The quantitative estimate of drug-likeness (QED) is 0.175. The van der Waals surface area contributed by atoms with Crippen LogP contribution in [0.25, 0.3) is 10.9 Å². The van der Waals surface area contributed by atoms with E-state index in [1.54, 1.807) is 24.3 Å². The summed E-state index contributed by atoms with van der Waals surface area (Å²) in [5, 5.41) is 1.03. The first-order valence-corrected chi connectivity index (χ1v) is 12.2. The molecule has 0 unspecified atom stereocenters. The molecule has 0 radical (unpaired) electrons. The first-order valence-electron chi connectivity index (χ1n) is 12.2. The zero-order valence-corrected chi connectivity index (χ0v) is 20.5. The van der Waals surface area contributed by atoms with Crippen LogP contribution < -0.4 is 4.74 Å². The standard InChI is InChI=1S/C32H27NO4/c1-36-32(35)25-16-18-26(19-17-25)37-21-20-28-27-14-8-9-15-29(27)33(30(28)22-34)31(23-10-4-2-5-11-23)24-12-6-3-7-13-24/h2-19,22,31H,20-21H2,1H3. The Morgan fingerprint density at radius 2 is 1.41 bits per heavy atom. The van der Waals surface area contributed by atoms with Gasteiger partial charge in [-0.3, -0.25) is 4.79 Å². The van der Waals surface area contributed by atoms with Crippen LogP contribution in [0.5, 0.6) is 5.75 Å². The maximum Gasteiger partial charge on any atom is 0.337 e. The van der Waals surface area contributed by atoms with E-state index in [2.05, 4.69) is 41.0 Å². The molecule has 0 amide bonds. The molecule has 0 bridgehead atoms. The van der Waals surface area contributed by atoms with Crippen molar-refractivity contribution < 1.29 is 19.1 Å². The molecule has 0 atom stereocenters. The van der Waals surface area contributed by atoms with Crippen molar-refractivity contribution in [3.63, 3.8) is 0 Å². The third-order valence-electron chi connectivity index (χ3n) is 6.55. The zero-order valence-electron chi connectivity index (χ0n) is 20.5. The molecule has 0 fully saturated rings. The molecule has 4 aromatic carbocycles. The lowest BCUT2D eigenvalue weighted by Gasteiger charge is -2.23. The van der Waals surface area contributed by atoms with Crippen molar-refractivity contribution in [2.45, 2.75) is 12.5 Å². The third kappa shape index (κ3) is 4.89. The summed E-state index contributed by atoms with van der Waals surface area (Å²) in [5.74, 6) is 0.261. The van der Waals surface area contributed by atoms with E-state index in [1.807, 2.05) is 48.5 Å². The van der Waals surface area contributed by atoms with E-state index < -0.39 is 0 Å². The Morgan fingerprint density at radius 1 is 0.811 bits per heavy atom. The Morgan fingerprint density at radius 3 is 2.00 bits per heavy atom. The van der Waals surface area contributed by atoms with Crippen LogP contribution in [-0.4, -0.2) is 30.5 Å². The molecule has 1 heterocycles. The van der Waals surface area contributed by atoms with Gasteiger partial charge in [0.25, 0.3) is 0 Å². The normalized spacial score (nSPS) is 11.0. The van der Waals surface area contributed by atoms with Crippen molar-refractivity contribution in [1.29, 1.82) is 0 Å². The van der Waals surface area contributed by atoms with Crippen LogP contribution in [0.15, 0.2) is 109 Å². The van der Waals surface area contributed by atoms with Gasteiger partial charge < -0.3 is 14.0 Å². The lowest BCUT2D eigenvalue weighted by molar-refractivity contribution is 0.0600. The van der Waals surface area contributed by atoms with Gasteiger partial charge in [0.05, 0.1) is 31.0 Å². The Kier molecular flexibility index (Phi) is 7.13. The predicted molar refractivity (Wildman–Crippen MR) is 144 cm³/mol. The number of hydrogen-bond acceptors (Lipinski definition) is 4. The van der Waals surface area contributed by atoms with E-state index in [1.165, 1.54) is 7.11 Å². The Hall–Kier alpha value is -4.64. The number of aldehydes is 1. The summed E-state index contributed by atoms with van der Waals surface area (Å²) in [7, 11) is 1.36. The van der Waals surface area contributed by atoms with E-state index in [9.17, 15) is 9.59 Å². The monoisotopic (exact) mass is 489 g/mol. The smallest absolute Gasteiger partial charge is 0.337 e. The lowest BCUT2D eigenvalue weighted by Crippen LogP contribution is -2.15. The van der Waals surface area contributed by atoms with Gasteiger partial charge in [-0.25, -0.2) is 4.79 Å². The number of methoxy groups -OCH3 is 1. The molecule has 0 saturated heterocycles. The van der Waals surface area contributed by atoms with Gasteiger partial charge in [-0.1, -0.05) is 78.9 Å². The number of carbonyl (C=O) groups excluding carboxylic acids is 2. The molecule has 0 aliphatic rings. The fraction of sp³-hybridized carbons (Fsp3) is 0.125. The highest BCUT2D eigenvalue weighted by Gasteiger charge is 2.25. The van der Waals surface area contributed by atoms with E-state index in [-0.39, 0.29) is 12.0 Å². The van der Waals surface area contributed by atoms with Crippen LogP contribution in [0.4, 0.5) is 0 Å². The molecular formula is C32H27NO4. The van der Waals surface area contributed by atoms with Crippen LogP contribution >= 0.6 is 0 Å². The number of rotatable bonds is 9. The summed E-state index contributed by atoms with van der Waals surface area (Å²) in [6, 6.07) is 35.3. The second kappa shape index (κ2) is 11.0. The summed E-state index contributed by atoms with van der Waals surface area (Å²) in [4.78, 5) is 24.3. The van der Waals surface area contributed by atoms with Crippen LogP contribution in [0.1, 0.15) is 43.6 Å². The molecular weight excluding hydrogens is 462 g/mol. The SMILES string of the molecule is COC(=O)c1ccc(OCCc2c(C=O)n(C(c3ccccc3)c3ccccc3)c3ccccc23)cc1. The van der Waals surface area contributed by atoms with E-state index in [0.717, 1.165) is 33.9 Å². The van der Waals surface area contributed by atoms with Gasteiger partial charge in [0.15, 0.2) is 6.29 Å². The highest BCUT2D eigenvalue weighted by atomic mass is 16.5. The highest BCUT2D eigenvalue weighted by Crippen LogP contribution is 2.35. The van der Waals surface area contributed by atoms with Gasteiger partial charge in [-0.15, -0.1) is 0 Å². The van der Waals surface area contributed by atoms with Gasteiger partial charge in [0.1, 0.15) is 5.75 Å². The molecule has 5 heteroatoms. The highest BCUT2D eigenvalue weighted by molar-refractivity contribution is 5.94. The fourth-order valence-electron chi connectivity index (χ4n) is 4.86. The fourth-order valence-corrected chi connectivity index (χ4v) is 4.86. The Balaban J connectivity index is 1.52. The molecule has 5 rings (SSSR count). The summed E-state index contributed by atoms with van der Waals surface area (Å²) in [5.41, 5.74) is 5.27. The average Bonchev–Trinajstić information content (AvgIpc) is 3.27. The van der Waals surface area contributed by atoms with Gasteiger partial charge in [-0.2, -0.15) is 0 Å². The van der Waals surface area contributed by atoms with Crippen LogP contribution in [0, 0.1) is 0 Å². The van der Waals surface area contributed by atoms with Crippen LogP contribution in [-0.2, 0) is 11.2 Å². The number of esters is 1. The van der Waals surface area contributed by atoms with Gasteiger partial charge in [-0.05, 0) is 47.0 Å². The molecule has 0 N–H and O–H groups in total. The Labute approximate surface area is 215 Å². The lowest BCUT2D eigenvalue weighted by atomic mass is 9.98. The summed E-state index contributed by atoms with van der Waals surface area (Å²) in [6.07, 6.45) is 1.51. The van der Waals surface area contributed by atoms with Gasteiger partial charge in [0.2, 0.25) is 0 Å². The first-order chi connectivity index (χ1) is 18.2. The molecule has 0 aliphatic heterocycles.